The number of benzene rings is 1. The van der Waals surface area contributed by atoms with Gasteiger partial charge in [-0.05, 0) is 37.1 Å². The highest BCUT2D eigenvalue weighted by Crippen LogP contribution is 2.28. The number of nitrogens with one attached hydrogen (secondary N) is 1. The van der Waals surface area contributed by atoms with Gasteiger partial charge in [0.05, 0.1) is 12.3 Å². The molecule has 1 N–H and O–H groups in total. The summed E-state index contributed by atoms with van der Waals surface area (Å²) >= 11 is 1.79. The van der Waals surface area contributed by atoms with Crippen molar-refractivity contribution in [1.82, 2.24) is 5.32 Å². The molecular formula is C18H24N2OS. The van der Waals surface area contributed by atoms with Gasteiger partial charge in [0.1, 0.15) is 0 Å². The van der Waals surface area contributed by atoms with E-state index in [0.29, 0.717) is 17.5 Å². The average molecular weight is 316 g/mol. The molecule has 1 aliphatic carbocycles. The quantitative estimate of drug-likeness (QED) is 0.848. The maximum absolute atomic E-state index is 11.7. The average Bonchev–Trinajstić information content (AvgIpc) is 3.03. The van der Waals surface area contributed by atoms with Gasteiger partial charge in [-0.1, -0.05) is 24.7 Å². The van der Waals surface area contributed by atoms with Gasteiger partial charge in [0, 0.05) is 30.6 Å². The SMILES string of the molecule is CN(C)c1ccc(C#CCNC(=O)CSC2CCCC2)cc1. The molecule has 22 heavy (non-hydrogen) atoms. The van der Waals surface area contributed by atoms with Crippen molar-refractivity contribution in [2.45, 2.75) is 30.9 Å². The van der Waals surface area contributed by atoms with Gasteiger partial charge in [-0.2, -0.15) is 0 Å². The van der Waals surface area contributed by atoms with Crippen LogP contribution in [0.1, 0.15) is 31.2 Å². The van der Waals surface area contributed by atoms with E-state index in [9.17, 15) is 4.79 Å². The highest BCUT2D eigenvalue weighted by atomic mass is 32.2. The van der Waals surface area contributed by atoms with E-state index in [4.69, 9.17) is 0 Å². The van der Waals surface area contributed by atoms with Gasteiger partial charge in [0.25, 0.3) is 0 Å². The molecule has 1 aromatic carbocycles. The summed E-state index contributed by atoms with van der Waals surface area (Å²) in [7, 11) is 4.03. The van der Waals surface area contributed by atoms with E-state index in [1.54, 1.807) is 11.8 Å². The van der Waals surface area contributed by atoms with Gasteiger partial charge in [-0.3, -0.25) is 4.79 Å². The van der Waals surface area contributed by atoms with Crippen LogP contribution in [0.15, 0.2) is 24.3 Å². The Kier molecular flexibility index (Phi) is 6.67. The van der Waals surface area contributed by atoms with Crippen LogP contribution >= 0.6 is 11.8 Å². The summed E-state index contributed by atoms with van der Waals surface area (Å²) in [5.41, 5.74) is 2.13. The summed E-state index contributed by atoms with van der Waals surface area (Å²) < 4.78 is 0. The summed E-state index contributed by atoms with van der Waals surface area (Å²) in [6.07, 6.45) is 5.16. The smallest absolute Gasteiger partial charge is 0.230 e. The van der Waals surface area contributed by atoms with E-state index in [-0.39, 0.29) is 5.91 Å². The normalized spacial score (nSPS) is 14.3. The van der Waals surface area contributed by atoms with Crippen molar-refractivity contribution in [3.05, 3.63) is 29.8 Å². The van der Waals surface area contributed by atoms with Crippen LogP contribution in [-0.2, 0) is 4.79 Å². The number of nitrogens with zero attached hydrogens (tertiary/aromatic N) is 1. The zero-order valence-electron chi connectivity index (χ0n) is 13.4. The van der Waals surface area contributed by atoms with Crippen molar-refractivity contribution in [3.63, 3.8) is 0 Å². The van der Waals surface area contributed by atoms with Crippen molar-refractivity contribution in [2.75, 3.05) is 31.3 Å². The standard InChI is InChI=1S/C18H24N2OS/c1-20(2)16-11-9-15(10-12-16)6-5-13-19-18(21)14-22-17-7-3-4-8-17/h9-12,17H,3-4,7-8,13-14H2,1-2H3,(H,19,21). The van der Waals surface area contributed by atoms with Gasteiger partial charge < -0.3 is 10.2 Å². The number of hydrogen-bond donors (Lipinski definition) is 1. The van der Waals surface area contributed by atoms with Crippen molar-refractivity contribution in [2.24, 2.45) is 0 Å². The largest absolute Gasteiger partial charge is 0.378 e. The Balaban J connectivity index is 1.68. The Hall–Kier alpha value is -1.60. The molecule has 4 heteroatoms. The molecule has 0 radical (unpaired) electrons. The number of carbonyl (C=O) groups is 1. The molecule has 118 valence electrons. The van der Waals surface area contributed by atoms with Crippen molar-refractivity contribution < 1.29 is 4.79 Å². The Morgan fingerprint density at radius 2 is 1.95 bits per heavy atom. The fraction of sp³-hybridized carbons (Fsp3) is 0.500. The molecule has 1 amide bonds. The van der Waals surface area contributed by atoms with E-state index in [2.05, 4.69) is 22.1 Å². The molecule has 0 unspecified atom stereocenters. The zero-order valence-corrected chi connectivity index (χ0v) is 14.2. The van der Waals surface area contributed by atoms with E-state index >= 15 is 0 Å². The van der Waals surface area contributed by atoms with E-state index in [1.165, 1.54) is 25.7 Å². The molecule has 1 aliphatic rings. The van der Waals surface area contributed by atoms with Crippen LogP contribution < -0.4 is 10.2 Å². The third-order valence-electron chi connectivity index (χ3n) is 3.74. The van der Waals surface area contributed by atoms with Crippen molar-refractivity contribution in [1.29, 1.82) is 0 Å². The number of rotatable bonds is 5. The van der Waals surface area contributed by atoms with Gasteiger partial charge in [-0.25, -0.2) is 0 Å². The third-order valence-corrected chi connectivity index (χ3v) is 5.11. The first kappa shape index (κ1) is 16.8. The number of thioether (sulfide) groups is 1. The molecular weight excluding hydrogens is 292 g/mol. The van der Waals surface area contributed by atoms with Crippen LogP contribution in [0.3, 0.4) is 0 Å². The lowest BCUT2D eigenvalue weighted by Crippen LogP contribution is -2.26. The molecule has 0 bridgehead atoms. The summed E-state index contributed by atoms with van der Waals surface area (Å²) in [5.74, 6) is 6.73. The lowest BCUT2D eigenvalue weighted by Gasteiger charge is -2.11. The summed E-state index contributed by atoms with van der Waals surface area (Å²) in [4.78, 5) is 13.8. The Labute approximate surface area is 137 Å². The Bertz CT molecular complexity index is 536. The topological polar surface area (TPSA) is 32.3 Å². The minimum Gasteiger partial charge on any atom is -0.378 e. The fourth-order valence-electron chi connectivity index (χ4n) is 2.43. The van der Waals surface area contributed by atoms with Crippen LogP contribution in [0.2, 0.25) is 0 Å². The fourth-order valence-corrected chi connectivity index (χ4v) is 3.59. The summed E-state index contributed by atoms with van der Waals surface area (Å²) in [6.45, 7) is 0.416. The first-order valence-corrected chi connectivity index (χ1v) is 8.84. The van der Waals surface area contributed by atoms with Crippen LogP contribution in [-0.4, -0.2) is 37.6 Å². The highest BCUT2D eigenvalue weighted by molar-refractivity contribution is 8.00. The first-order valence-electron chi connectivity index (χ1n) is 7.80. The molecule has 0 aromatic heterocycles. The second-order valence-electron chi connectivity index (χ2n) is 5.74. The molecule has 0 saturated heterocycles. The Morgan fingerprint density at radius 1 is 1.27 bits per heavy atom. The minimum atomic E-state index is 0.0918. The van der Waals surface area contributed by atoms with Crippen molar-refractivity contribution >= 4 is 23.4 Å². The number of amides is 1. The second kappa shape index (κ2) is 8.75. The molecule has 1 fully saturated rings. The second-order valence-corrected chi connectivity index (χ2v) is 7.03. The Morgan fingerprint density at radius 3 is 2.59 bits per heavy atom. The van der Waals surface area contributed by atoms with Crippen LogP contribution in [0.4, 0.5) is 5.69 Å². The molecule has 3 nitrogen and oxygen atoms in total. The molecule has 0 aliphatic heterocycles. The first-order chi connectivity index (χ1) is 10.6. The lowest BCUT2D eigenvalue weighted by atomic mass is 10.2. The monoisotopic (exact) mass is 316 g/mol. The molecule has 2 rings (SSSR count). The third kappa shape index (κ3) is 5.65. The van der Waals surface area contributed by atoms with Crippen LogP contribution in [0.5, 0.6) is 0 Å². The van der Waals surface area contributed by atoms with E-state index in [1.807, 2.05) is 38.4 Å². The predicted molar refractivity (Wildman–Crippen MR) is 95.4 cm³/mol. The molecule has 0 spiro atoms. The maximum Gasteiger partial charge on any atom is 0.230 e. The predicted octanol–water partition coefficient (Wildman–Crippen LogP) is 2.90. The van der Waals surface area contributed by atoms with Crippen LogP contribution in [0, 0.1) is 11.8 Å². The van der Waals surface area contributed by atoms with E-state index < -0.39 is 0 Å². The molecule has 0 atom stereocenters. The molecule has 0 heterocycles. The van der Waals surface area contributed by atoms with Crippen molar-refractivity contribution in [3.8, 4) is 11.8 Å². The van der Waals surface area contributed by atoms with Gasteiger partial charge in [0.15, 0.2) is 0 Å². The highest BCUT2D eigenvalue weighted by Gasteiger charge is 2.16. The number of anilines is 1. The number of carbonyl (C=O) groups excluding carboxylic acids is 1. The zero-order chi connectivity index (χ0) is 15.8. The van der Waals surface area contributed by atoms with E-state index in [0.717, 1.165) is 11.3 Å². The maximum atomic E-state index is 11.7. The minimum absolute atomic E-state index is 0.0918. The van der Waals surface area contributed by atoms with Gasteiger partial charge in [-0.15, -0.1) is 11.8 Å². The van der Waals surface area contributed by atoms with Gasteiger partial charge >= 0.3 is 0 Å². The summed E-state index contributed by atoms with van der Waals surface area (Å²) in [6, 6.07) is 8.09. The lowest BCUT2D eigenvalue weighted by molar-refractivity contribution is -0.118. The summed E-state index contributed by atoms with van der Waals surface area (Å²) in [5, 5.41) is 3.55. The van der Waals surface area contributed by atoms with Gasteiger partial charge in [0.2, 0.25) is 5.91 Å². The molecule has 1 aromatic rings. The molecule has 1 saturated carbocycles. The van der Waals surface area contributed by atoms with Crippen LogP contribution in [0.25, 0.3) is 0 Å². The number of hydrogen-bond acceptors (Lipinski definition) is 3.